The maximum Gasteiger partial charge on any atom is 0.158 e. The smallest absolute Gasteiger partial charge is 0.158 e. The summed E-state index contributed by atoms with van der Waals surface area (Å²) in [6.45, 7) is 12.7. The van der Waals surface area contributed by atoms with Gasteiger partial charge in [-0.3, -0.25) is 0 Å². The van der Waals surface area contributed by atoms with Crippen molar-refractivity contribution in [3.63, 3.8) is 0 Å². The lowest BCUT2D eigenvalue weighted by molar-refractivity contribution is -0.164. The van der Waals surface area contributed by atoms with Crippen molar-refractivity contribution in [1.29, 1.82) is 0 Å². The maximum atomic E-state index is 6.46. The number of fused-ring (bicyclic) bond motifs is 5. The zero-order valence-electron chi connectivity index (χ0n) is 17.0. The first-order valence-corrected chi connectivity index (χ1v) is 10.7. The van der Waals surface area contributed by atoms with Gasteiger partial charge in [0.15, 0.2) is 6.29 Å². The summed E-state index contributed by atoms with van der Waals surface area (Å²) >= 11 is 0. The molecule has 1 heterocycles. The minimum absolute atomic E-state index is 0.0940. The predicted octanol–water partition coefficient (Wildman–Crippen LogP) is 5.82. The molecule has 0 amide bonds. The van der Waals surface area contributed by atoms with Gasteiger partial charge in [0.1, 0.15) is 0 Å². The summed E-state index contributed by atoms with van der Waals surface area (Å²) in [4.78, 5) is 0. The highest BCUT2D eigenvalue weighted by atomic mass is 16.7. The van der Waals surface area contributed by atoms with Crippen LogP contribution >= 0.6 is 0 Å². The van der Waals surface area contributed by atoms with Gasteiger partial charge in [0.2, 0.25) is 0 Å². The van der Waals surface area contributed by atoms with E-state index >= 15 is 0 Å². The molecule has 0 aromatic heterocycles. The molecule has 3 saturated carbocycles. The van der Waals surface area contributed by atoms with Crippen molar-refractivity contribution in [2.24, 2.45) is 40.9 Å². The van der Waals surface area contributed by atoms with Crippen LogP contribution in [0, 0.1) is 40.9 Å². The summed E-state index contributed by atoms with van der Waals surface area (Å²) in [5, 5.41) is 0. The van der Waals surface area contributed by atoms with Crippen LogP contribution in [0.15, 0.2) is 11.6 Å². The van der Waals surface area contributed by atoms with Crippen molar-refractivity contribution in [1.82, 2.24) is 0 Å². The third kappa shape index (κ3) is 3.58. The van der Waals surface area contributed by atoms with Gasteiger partial charge in [0.05, 0.1) is 6.10 Å². The number of hydrogen-bond acceptors (Lipinski definition) is 2. The fourth-order valence-corrected chi connectivity index (χ4v) is 6.98. The average molecular weight is 347 g/mol. The number of ether oxygens (including phenoxy) is 2. The molecule has 2 bridgehead atoms. The van der Waals surface area contributed by atoms with Crippen molar-refractivity contribution in [2.75, 3.05) is 6.61 Å². The van der Waals surface area contributed by atoms with E-state index in [9.17, 15) is 0 Å². The van der Waals surface area contributed by atoms with Crippen molar-refractivity contribution in [2.45, 2.75) is 85.5 Å². The Morgan fingerprint density at radius 1 is 1.12 bits per heavy atom. The van der Waals surface area contributed by atoms with Crippen molar-refractivity contribution in [3.8, 4) is 0 Å². The van der Waals surface area contributed by atoms with Gasteiger partial charge in [-0.15, -0.1) is 0 Å². The van der Waals surface area contributed by atoms with Crippen LogP contribution in [0.1, 0.15) is 73.1 Å². The Morgan fingerprint density at radius 2 is 1.92 bits per heavy atom. The van der Waals surface area contributed by atoms with Crippen LogP contribution in [0.4, 0.5) is 0 Å². The molecule has 0 aromatic carbocycles. The molecule has 1 aliphatic heterocycles. The predicted molar refractivity (Wildman–Crippen MR) is 102 cm³/mol. The van der Waals surface area contributed by atoms with Crippen LogP contribution in [0.5, 0.6) is 0 Å². The highest BCUT2D eigenvalue weighted by Crippen LogP contribution is 2.65. The first kappa shape index (κ1) is 18.0. The summed E-state index contributed by atoms with van der Waals surface area (Å²) in [6, 6.07) is 0. The summed E-state index contributed by atoms with van der Waals surface area (Å²) in [6.07, 6.45) is 11.0. The van der Waals surface area contributed by atoms with E-state index in [4.69, 9.17) is 9.47 Å². The van der Waals surface area contributed by atoms with Crippen LogP contribution in [-0.2, 0) is 9.47 Å². The number of rotatable bonds is 4. The molecular formula is C23H38O2. The summed E-state index contributed by atoms with van der Waals surface area (Å²) in [5.41, 5.74) is 1.95. The second-order valence-corrected chi connectivity index (χ2v) is 10.8. The number of hydrogen-bond donors (Lipinski definition) is 0. The van der Waals surface area contributed by atoms with E-state index in [0.717, 1.165) is 48.5 Å². The topological polar surface area (TPSA) is 18.5 Å². The zero-order chi connectivity index (χ0) is 17.8. The van der Waals surface area contributed by atoms with Gasteiger partial charge in [-0.05, 0) is 86.9 Å². The van der Waals surface area contributed by atoms with Crippen molar-refractivity contribution >= 4 is 0 Å². The Morgan fingerprint density at radius 3 is 2.56 bits per heavy atom. The molecule has 8 unspecified atom stereocenters. The molecule has 4 rings (SSSR count). The molecule has 2 heteroatoms. The quantitative estimate of drug-likeness (QED) is 0.597. The highest BCUT2D eigenvalue weighted by molar-refractivity contribution is 5.14. The van der Waals surface area contributed by atoms with Crippen molar-refractivity contribution in [3.05, 3.63) is 11.6 Å². The largest absolute Gasteiger partial charge is 0.353 e. The first-order chi connectivity index (χ1) is 11.8. The van der Waals surface area contributed by atoms with E-state index in [1.807, 2.05) is 0 Å². The van der Waals surface area contributed by atoms with E-state index in [1.54, 1.807) is 0 Å². The maximum absolute atomic E-state index is 6.46. The first-order valence-electron chi connectivity index (χ1n) is 10.7. The Hall–Kier alpha value is -0.340. The van der Waals surface area contributed by atoms with Crippen LogP contribution in [0.25, 0.3) is 0 Å². The monoisotopic (exact) mass is 346 g/mol. The van der Waals surface area contributed by atoms with Crippen LogP contribution in [-0.4, -0.2) is 19.0 Å². The molecule has 1 saturated heterocycles. The normalized spacial score (nSPS) is 45.8. The Balaban J connectivity index is 1.52. The lowest BCUT2D eigenvalue weighted by Crippen LogP contribution is -2.36. The minimum atomic E-state index is 0.0940. The van der Waals surface area contributed by atoms with E-state index in [-0.39, 0.29) is 6.29 Å². The molecule has 4 aliphatic rings. The fraction of sp³-hybridized carbons (Fsp3) is 0.913. The van der Waals surface area contributed by atoms with E-state index < -0.39 is 0 Å². The molecule has 0 spiro atoms. The van der Waals surface area contributed by atoms with Crippen LogP contribution < -0.4 is 0 Å². The molecule has 142 valence electrons. The van der Waals surface area contributed by atoms with Gasteiger partial charge in [-0.1, -0.05) is 32.4 Å². The van der Waals surface area contributed by atoms with Crippen molar-refractivity contribution < 1.29 is 9.47 Å². The molecule has 0 N–H and O–H groups in total. The standard InChI is InChI=1S/C23H38O2/c1-14(2)9-15-10-17(13-23(3,4)5)21-16-11-18(22(15)21)19(12-16)25-20-7-6-8-24-20/h9,15-22H,6-8,10-13H2,1-5H3. The molecule has 25 heavy (non-hydrogen) atoms. The third-order valence-electron chi connectivity index (χ3n) is 7.32. The second-order valence-electron chi connectivity index (χ2n) is 10.8. The summed E-state index contributed by atoms with van der Waals surface area (Å²) in [7, 11) is 0. The van der Waals surface area contributed by atoms with Gasteiger partial charge >= 0.3 is 0 Å². The lowest BCUT2D eigenvalue weighted by atomic mass is 9.71. The summed E-state index contributed by atoms with van der Waals surface area (Å²) < 4.78 is 12.2. The van der Waals surface area contributed by atoms with Gasteiger partial charge in [-0.2, -0.15) is 0 Å². The van der Waals surface area contributed by atoms with Crippen LogP contribution in [0.2, 0.25) is 0 Å². The van der Waals surface area contributed by atoms with E-state index in [0.29, 0.717) is 11.5 Å². The van der Waals surface area contributed by atoms with Crippen LogP contribution in [0.3, 0.4) is 0 Å². The molecule has 0 aromatic rings. The minimum Gasteiger partial charge on any atom is -0.353 e. The van der Waals surface area contributed by atoms with Gasteiger partial charge < -0.3 is 9.47 Å². The number of allylic oxidation sites excluding steroid dienone is 2. The lowest BCUT2D eigenvalue weighted by Gasteiger charge is -2.37. The van der Waals surface area contributed by atoms with Gasteiger partial charge in [0, 0.05) is 13.0 Å². The molecule has 4 fully saturated rings. The zero-order valence-corrected chi connectivity index (χ0v) is 17.0. The molecule has 8 atom stereocenters. The summed E-state index contributed by atoms with van der Waals surface area (Å²) in [5.74, 6) is 5.22. The molecular weight excluding hydrogens is 308 g/mol. The Kier molecular flexibility index (Phi) is 4.82. The van der Waals surface area contributed by atoms with Gasteiger partial charge in [-0.25, -0.2) is 0 Å². The average Bonchev–Trinajstić information content (AvgIpc) is 3.21. The Labute approximate surface area is 154 Å². The molecule has 3 aliphatic carbocycles. The second kappa shape index (κ2) is 6.68. The highest BCUT2D eigenvalue weighted by Gasteiger charge is 2.60. The fourth-order valence-electron chi connectivity index (χ4n) is 6.98. The Bertz CT molecular complexity index is 507. The van der Waals surface area contributed by atoms with E-state index in [1.165, 1.54) is 37.7 Å². The van der Waals surface area contributed by atoms with E-state index in [2.05, 4.69) is 40.7 Å². The molecule has 2 nitrogen and oxygen atoms in total. The van der Waals surface area contributed by atoms with Gasteiger partial charge in [0.25, 0.3) is 0 Å². The SMILES string of the molecule is CC(C)=CC1CC(CC(C)(C)C)C2C3CC(OC4CCCO4)C(C3)C12. The molecule has 0 radical (unpaired) electrons. The third-order valence-corrected chi connectivity index (χ3v) is 7.32.